The highest BCUT2D eigenvalue weighted by atomic mass is 79.9. The molecule has 1 fully saturated rings. The summed E-state index contributed by atoms with van der Waals surface area (Å²) >= 11 is 3.14. The fourth-order valence-electron chi connectivity index (χ4n) is 2.53. The molecule has 1 aromatic carbocycles. The summed E-state index contributed by atoms with van der Waals surface area (Å²) in [7, 11) is 0. The molecule has 1 atom stereocenters. The summed E-state index contributed by atoms with van der Waals surface area (Å²) in [6.07, 6.45) is 0.0701. The van der Waals surface area contributed by atoms with E-state index in [2.05, 4.69) is 21.2 Å². The van der Waals surface area contributed by atoms with Crippen molar-refractivity contribution in [3.05, 3.63) is 38.3 Å². The number of amides is 2. The summed E-state index contributed by atoms with van der Waals surface area (Å²) in [4.78, 5) is 36.5. The number of ether oxygens (including phenoxy) is 1. The average Bonchev–Trinajstić information content (AvgIpc) is 2.92. The van der Waals surface area contributed by atoms with Crippen molar-refractivity contribution in [2.24, 2.45) is 0 Å². The van der Waals surface area contributed by atoms with E-state index in [9.17, 15) is 19.7 Å². The number of nitrogens with one attached hydrogen (secondary N) is 1. The average molecular weight is 414 g/mol. The van der Waals surface area contributed by atoms with Crippen LogP contribution in [0.25, 0.3) is 0 Å². The Morgan fingerprint density at radius 2 is 2.08 bits per heavy atom. The van der Waals surface area contributed by atoms with E-state index in [0.29, 0.717) is 19.5 Å². The Morgan fingerprint density at radius 3 is 2.68 bits per heavy atom. The fourth-order valence-corrected chi connectivity index (χ4v) is 3.11. The summed E-state index contributed by atoms with van der Waals surface area (Å²) in [5.41, 5.74) is -0.521. The van der Waals surface area contributed by atoms with Crippen molar-refractivity contribution in [3.8, 4) is 0 Å². The largest absolute Gasteiger partial charge is 0.444 e. The molecule has 0 saturated carbocycles. The Labute approximate surface area is 153 Å². The predicted octanol–water partition coefficient (Wildman–Crippen LogP) is 3.10. The number of halogens is 1. The molecule has 9 heteroatoms. The summed E-state index contributed by atoms with van der Waals surface area (Å²) < 4.78 is 5.37. The predicted molar refractivity (Wildman–Crippen MR) is 94.5 cm³/mol. The van der Waals surface area contributed by atoms with Crippen LogP contribution in [0.1, 0.15) is 37.6 Å². The molecule has 8 nitrogen and oxygen atoms in total. The second kappa shape index (κ2) is 7.38. The lowest BCUT2D eigenvalue weighted by molar-refractivity contribution is -0.385. The van der Waals surface area contributed by atoms with Gasteiger partial charge in [0.25, 0.3) is 11.6 Å². The molecule has 1 saturated heterocycles. The molecule has 1 aliphatic heterocycles. The van der Waals surface area contributed by atoms with E-state index < -0.39 is 16.6 Å². The second-order valence-electron chi connectivity index (χ2n) is 6.78. The second-order valence-corrected chi connectivity index (χ2v) is 7.57. The zero-order chi connectivity index (χ0) is 18.8. The number of carbonyl (C=O) groups is 2. The molecule has 0 radical (unpaired) electrons. The van der Waals surface area contributed by atoms with Crippen LogP contribution in [0.3, 0.4) is 0 Å². The zero-order valence-electron chi connectivity index (χ0n) is 14.2. The molecule has 0 spiro atoms. The highest BCUT2D eigenvalue weighted by Crippen LogP contribution is 2.29. The van der Waals surface area contributed by atoms with E-state index in [1.165, 1.54) is 18.2 Å². The van der Waals surface area contributed by atoms with E-state index >= 15 is 0 Å². The van der Waals surface area contributed by atoms with Crippen molar-refractivity contribution in [2.75, 3.05) is 13.1 Å². The maximum absolute atomic E-state index is 12.6. The molecule has 0 aromatic heterocycles. The molecule has 2 amide bonds. The molecule has 1 N–H and O–H groups in total. The number of hydrogen-bond donors (Lipinski definition) is 1. The first-order valence-corrected chi connectivity index (χ1v) is 8.59. The summed E-state index contributed by atoms with van der Waals surface area (Å²) in [6.45, 7) is 6.10. The first kappa shape index (κ1) is 19.2. The molecule has 1 aromatic rings. The number of hydrogen-bond acceptors (Lipinski definition) is 5. The van der Waals surface area contributed by atoms with Gasteiger partial charge < -0.3 is 15.0 Å². The first-order chi connectivity index (χ1) is 11.6. The van der Waals surface area contributed by atoms with Crippen molar-refractivity contribution in [1.82, 2.24) is 10.2 Å². The number of alkyl carbamates (subject to hydrolysis) is 1. The number of benzene rings is 1. The minimum atomic E-state index is -0.591. The minimum absolute atomic E-state index is 0.159. The maximum Gasteiger partial charge on any atom is 0.407 e. The third-order valence-corrected chi connectivity index (χ3v) is 4.44. The molecule has 0 aliphatic carbocycles. The number of carbonyl (C=O) groups excluding carboxylic acids is 2. The molecule has 136 valence electrons. The van der Waals surface area contributed by atoms with Gasteiger partial charge in [0.15, 0.2) is 0 Å². The molecule has 2 rings (SSSR count). The number of nitrogens with zero attached hydrogens (tertiary/aromatic N) is 2. The van der Waals surface area contributed by atoms with Gasteiger partial charge in [-0.3, -0.25) is 14.9 Å². The van der Waals surface area contributed by atoms with Crippen LogP contribution in [0.15, 0.2) is 22.7 Å². The van der Waals surface area contributed by atoms with Crippen LogP contribution in [0.2, 0.25) is 0 Å². The lowest BCUT2D eigenvalue weighted by atomic mass is 10.2. The summed E-state index contributed by atoms with van der Waals surface area (Å²) in [6, 6.07) is 4.13. The van der Waals surface area contributed by atoms with E-state index in [1.54, 1.807) is 25.7 Å². The summed E-state index contributed by atoms with van der Waals surface area (Å²) in [5, 5.41) is 13.7. The lowest BCUT2D eigenvalue weighted by Crippen LogP contribution is -2.41. The van der Waals surface area contributed by atoms with Crippen LogP contribution in [0.4, 0.5) is 10.5 Å². The van der Waals surface area contributed by atoms with Gasteiger partial charge in [-0.1, -0.05) is 6.07 Å². The van der Waals surface area contributed by atoms with E-state index in [1.807, 2.05) is 0 Å². The van der Waals surface area contributed by atoms with Gasteiger partial charge in [-0.2, -0.15) is 0 Å². The fraction of sp³-hybridized carbons (Fsp3) is 0.500. The van der Waals surface area contributed by atoms with Gasteiger partial charge >= 0.3 is 6.09 Å². The van der Waals surface area contributed by atoms with Crippen molar-refractivity contribution in [1.29, 1.82) is 0 Å². The van der Waals surface area contributed by atoms with E-state index in [0.717, 1.165) is 0 Å². The topological polar surface area (TPSA) is 102 Å². The maximum atomic E-state index is 12.6. The van der Waals surface area contributed by atoms with Gasteiger partial charge in [0, 0.05) is 19.2 Å². The Hall–Kier alpha value is -2.16. The van der Waals surface area contributed by atoms with Gasteiger partial charge in [0.05, 0.1) is 16.5 Å². The van der Waals surface area contributed by atoms with Crippen molar-refractivity contribution < 1.29 is 19.2 Å². The van der Waals surface area contributed by atoms with Crippen LogP contribution in [-0.2, 0) is 4.74 Å². The van der Waals surface area contributed by atoms with Crippen LogP contribution >= 0.6 is 15.9 Å². The molecule has 25 heavy (non-hydrogen) atoms. The third-order valence-electron chi connectivity index (χ3n) is 3.60. The van der Waals surface area contributed by atoms with Crippen LogP contribution in [0, 0.1) is 10.1 Å². The Bertz CT molecular complexity index is 702. The third kappa shape index (κ3) is 4.91. The van der Waals surface area contributed by atoms with Crippen molar-refractivity contribution >= 4 is 33.6 Å². The lowest BCUT2D eigenvalue weighted by Gasteiger charge is -2.22. The van der Waals surface area contributed by atoms with Gasteiger partial charge in [-0.25, -0.2) is 4.79 Å². The van der Waals surface area contributed by atoms with E-state index in [-0.39, 0.29) is 27.7 Å². The van der Waals surface area contributed by atoms with E-state index in [4.69, 9.17) is 4.74 Å². The number of nitro groups is 1. The van der Waals surface area contributed by atoms with Crippen LogP contribution in [-0.4, -0.2) is 46.6 Å². The molecule has 1 heterocycles. The normalized spacial score (nSPS) is 17.3. The number of likely N-dealkylation sites (tertiary alicyclic amines) is 1. The standard InChI is InChI=1S/C16H20BrN3O5/c1-16(2,3)25-15(22)18-10-7-8-19(9-10)14(21)11-5-4-6-12(13(11)17)20(23)24/h4-6,10H,7-9H2,1-3H3,(H,18,22). The monoisotopic (exact) mass is 413 g/mol. The van der Waals surface area contributed by atoms with Crippen LogP contribution < -0.4 is 5.32 Å². The number of nitro benzene ring substituents is 1. The summed E-state index contributed by atoms with van der Waals surface area (Å²) in [5.74, 6) is -0.316. The molecular weight excluding hydrogens is 394 g/mol. The smallest absolute Gasteiger partial charge is 0.407 e. The van der Waals surface area contributed by atoms with Gasteiger partial charge in [0.1, 0.15) is 10.1 Å². The van der Waals surface area contributed by atoms with Gasteiger partial charge in [-0.05, 0) is 49.2 Å². The van der Waals surface area contributed by atoms with Crippen molar-refractivity contribution in [3.63, 3.8) is 0 Å². The highest BCUT2D eigenvalue weighted by Gasteiger charge is 2.31. The molecule has 0 bridgehead atoms. The van der Waals surface area contributed by atoms with Gasteiger partial charge in [-0.15, -0.1) is 0 Å². The number of rotatable bonds is 3. The molecule has 1 unspecified atom stereocenters. The molecular formula is C16H20BrN3O5. The van der Waals surface area contributed by atoms with Crippen LogP contribution in [0.5, 0.6) is 0 Å². The first-order valence-electron chi connectivity index (χ1n) is 7.80. The Balaban J connectivity index is 2.03. The highest BCUT2D eigenvalue weighted by molar-refractivity contribution is 9.10. The zero-order valence-corrected chi connectivity index (χ0v) is 15.8. The Kier molecular flexibility index (Phi) is 5.66. The quantitative estimate of drug-likeness (QED) is 0.605. The van der Waals surface area contributed by atoms with Gasteiger partial charge in [0.2, 0.25) is 0 Å². The molecule has 1 aliphatic rings. The Morgan fingerprint density at radius 1 is 1.40 bits per heavy atom. The minimum Gasteiger partial charge on any atom is -0.444 e. The SMILES string of the molecule is CC(C)(C)OC(=O)NC1CCN(C(=O)c2cccc([N+](=O)[O-])c2Br)C1. The van der Waals surface area contributed by atoms with Crippen molar-refractivity contribution in [2.45, 2.75) is 38.8 Å².